The van der Waals surface area contributed by atoms with Crippen molar-refractivity contribution in [2.75, 3.05) is 0 Å². The molecular weight excluding hydrogens is 552 g/mol. The molecule has 0 aliphatic carbocycles. The first-order chi connectivity index (χ1) is 19.8. The van der Waals surface area contributed by atoms with E-state index in [2.05, 4.69) is 0 Å². The Hall–Kier alpha value is -5.24. The van der Waals surface area contributed by atoms with E-state index in [0.29, 0.717) is 46.7 Å². The van der Waals surface area contributed by atoms with E-state index in [1.54, 1.807) is 0 Å². The number of nitrogens with zero attached hydrogens (tertiary/aromatic N) is 8. The number of hydrogen-bond donors (Lipinski definition) is 0. The van der Waals surface area contributed by atoms with Crippen molar-refractivity contribution in [3.63, 3.8) is 0 Å². The average molecular weight is 568 g/mol. The summed E-state index contributed by atoms with van der Waals surface area (Å²) in [6.07, 6.45) is 0. The van der Waals surface area contributed by atoms with E-state index in [9.17, 15) is 0 Å². The van der Waals surface area contributed by atoms with Crippen molar-refractivity contribution in [2.24, 2.45) is 39.9 Å². The predicted molar refractivity (Wildman–Crippen MR) is 158 cm³/mol. The fourth-order valence-electron chi connectivity index (χ4n) is 5.46. The van der Waals surface area contributed by atoms with Crippen LogP contribution >= 0.6 is 0 Å². The summed E-state index contributed by atoms with van der Waals surface area (Å²) in [6.45, 7) is 0. The Labute approximate surface area is 244 Å². The van der Waals surface area contributed by atoms with Gasteiger partial charge in [-0.1, -0.05) is 97.1 Å². The van der Waals surface area contributed by atoms with Gasteiger partial charge in [-0.25, -0.2) is 39.9 Å². The Morgan fingerprint density at radius 3 is 0.463 bits per heavy atom. The molecule has 8 nitrogen and oxygen atoms in total. The first kappa shape index (κ1) is 23.6. The standard InChI is InChI=1S/C32H16N8.Fe/c1-2-10-18-17(9-1)25-33-26(18)38-28-21-13-5-6-14-22(21)30(35-28)40-32-24-16-8-7-15-23(24)31(36-32)39-29-20-12-4-3-11-19(20)27(34-29)37-25;/h1-16H;. The molecule has 0 spiro atoms. The number of amidine groups is 8. The molecule has 0 saturated carbocycles. The zero-order chi connectivity index (χ0) is 26.2. The van der Waals surface area contributed by atoms with Gasteiger partial charge in [-0.3, -0.25) is 0 Å². The van der Waals surface area contributed by atoms with E-state index in [4.69, 9.17) is 39.9 Å². The van der Waals surface area contributed by atoms with Crippen LogP contribution in [0.3, 0.4) is 0 Å². The van der Waals surface area contributed by atoms with Gasteiger partial charge in [0.15, 0.2) is 46.7 Å². The van der Waals surface area contributed by atoms with Crippen LogP contribution in [0.1, 0.15) is 44.5 Å². The second-order valence-corrected chi connectivity index (χ2v) is 9.67. The molecule has 0 fully saturated rings. The summed E-state index contributed by atoms with van der Waals surface area (Å²) in [7, 11) is 0. The zero-order valence-corrected chi connectivity index (χ0v) is 22.3. The molecule has 4 aromatic carbocycles. The van der Waals surface area contributed by atoms with Crippen LogP contribution in [0.15, 0.2) is 137 Å². The Kier molecular flexibility index (Phi) is 5.12. The van der Waals surface area contributed by atoms with Crippen LogP contribution in [0, 0.1) is 0 Å². The van der Waals surface area contributed by atoms with Gasteiger partial charge in [0.25, 0.3) is 0 Å². The van der Waals surface area contributed by atoms with Crippen molar-refractivity contribution < 1.29 is 17.1 Å². The maximum atomic E-state index is 4.95. The summed E-state index contributed by atoms with van der Waals surface area (Å²) >= 11 is 0. The fourth-order valence-corrected chi connectivity index (χ4v) is 5.46. The van der Waals surface area contributed by atoms with Crippen LogP contribution in [-0.2, 0) is 17.1 Å². The molecule has 0 N–H and O–H groups in total. The van der Waals surface area contributed by atoms with E-state index < -0.39 is 0 Å². The van der Waals surface area contributed by atoms with Crippen molar-refractivity contribution in [3.05, 3.63) is 142 Å². The van der Waals surface area contributed by atoms with Crippen molar-refractivity contribution in [1.29, 1.82) is 0 Å². The molecule has 0 amide bonds. The van der Waals surface area contributed by atoms with Crippen LogP contribution in [0.2, 0.25) is 0 Å². The number of fused-ring (bicyclic) bond motifs is 16. The third kappa shape index (κ3) is 3.53. The van der Waals surface area contributed by atoms with E-state index >= 15 is 0 Å². The normalized spacial score (nSPS) is 16.8. The van der Waals surface area contributed by atoms with Gasteiger partial charge in [0.05, 0.1) is 0 Å². The van der Waals surface area contributed by atoms with Gasteiger partial charge in [0, 0.05) is 61.6 Å². The van der Waals surface area contributed by atoms with Crippen LogP contribution < -0.4 is 0 Å². The largest absolute Gasteiger partial charge is 0.208 e. The molecule has 0 unspecified atom stereocenters. The Bertz CT molecular complexity index is 1790. The Balaban J connectivity index is 0.00000256. The van der Waals surface area contributed by atoms with Crippen LogP contribution in [-0.4, -0.2) is 46.7 Å². The smallest absolute Gasteiger partial charge is 0.164 e. The number of hydrogen-bond acceptors (Lipinski definition) is 8. The molecular formula is C32H16FeN8. The van der Waals surface area contributed by atoms with Gasteiger partial charge in [-0.05, 0) is 0 Å². The third-order valence-corrected chi connectivity index (χ3v) is 7.33. The minimum absolute atomic E-state index is 0. The fraction of sp³-hybridized carbons (Fsp3) is 0. The first-order valence-electron chi connectivity index (χ1n) is 12.9. The molecule has 0 aromatic heterocycles. The van der Waals surface area contributed by atoms with Gasteiger partial charge in [0.1, 0.15) is 0 Å². The topological polar surface area (TPSA) is 98.9 Å². The molecule has 8 bridgehead atoms. The zero-order valence-electron chi connectivity index (χ0n) is 21.2. The van der Waals surface area contributed by atoms with E-state index in [1.807, 2.05) is 97.1 Å². The number of rotatable bonds is 0. The minimum Gasteiger partial charge on any atom is -0.208 e. The maximum absolute atomic E-state index is 4.95. The van der Waals surface area contributed by atoms with Crippen LogP contribution in [0.4, 0.5) is 0 Å². The average Bonchev–Trinajstić information content (AvgIpc) is 3.73. The molecule has 5 aliphatic rings. The monoisotopic (exact) mass is 568 g/mol. The summed E-state index contributed by atoms with van der Waals surface area (Å²) in [5.74, 6) is 4.42. The second-order valence-electron chi connectivity index (χ2n) is 9.67. The van der Waals surface area contributed by atoms with Gasteiger partial charge in [0.2, 0.25) is 0 Å². The summed E-state index contributed by atoms with van der Waals surface area (Å²) in [4.78, 5) is 39.3. The van der Waals surface area contributed by atoms with Crippen LogP contribution in [0.25, 0.3) is 0 Å². The summed E-state index contributed by atoms with van der Waals surface area (Å²) < 4.78 is 0. The third-order valence-electron chi connectivity index (χ3n) is 7.33. The minimum atomic E-state index is 0. The summed E-state index contributed by atoms with van der Waals surface area (Å²) in [5, 5.41) is 0. The second kappa shape index (κ2) is 8.89. The van der Waals surface area contributed by atoms with E-state index in [0.717, 1.165) is 44.5 Å². The van der Waals surface area contributed by atoms with E-state index in [-0.39, 0.29) is 17.1 Å². The SMILES string of the molecule is [Fe].c1ccc2c(c1)C1=NC2=NC2=NC(=NC3=NC(=NC4=NC(=N1)c1ccccc14)c1ccccc13)c1ccccc12. The summed E-state index contributed by atoms with van der Waals surface area (Å²) in [5.41, 5.74) is 7.15. The van der Waals surface area contributed by atoms with Gasteiger partial charge < -0.3 is 0 Å². The maximum Gasteiger partial charge on any atom is 0.164 e. The molecule has 0 atom stereocenters. The van der Waals surface area contributed by atoms with Crippen molar-refractivity contribution in [3.8, 4) is 0 Å². The van der Waals surface area contributed by atoms with E-state index in [1.165, 1.54) is 0 Å². The quantitative estimate of drug-likeness (QED) is 0.272. The molecule has 192 valence electrons. The molecule has 4 aromatic rings. The van der Waals surface area contributed by atoms with Crippen molar-refractivity contribution in [1.82, 2.24) is 0 Å². The number of benzene rings is 4. The van der Waals surface area contributed by atoms with Crippen molar-refractivity contribution in [2.45, 2.75) is 0 Å². The summed E-state index contributed by atoms with van der Waals surface area (Å²) in [6, 6.07) is 31.8. The predicted octanol–water partition coefficient (Wildman–Crippen LogP) is 4.83. The molecule has 5 aliphatic heterocycles. The molecule has 9 heteroatoms. The van der Waals surface area contributed by atoms with Gasteiger partial charge in [-0.2, -0.15) is 0 Å². The molecule has 41 heavy (non-hydrogen) atoms. The Morgan fingerprint density at radius 1 is 0.220 bits per heavy atom. The van der Waals surface area contributed by atoms with Gasteiger partial charge in [-0.15, -0.1) is 0 Å². The number of aliphatic imine (C=N–C) groups is 8. The molecule has 5 heterocycles. The van der Waals surface area contributed by atoms with Crippen molar-refractivity contribution >= 4 is 46.7 Å². The first-order valence-corrected chi connectivity index (χ1v) is 12.9. The molecule has 0 saturated heterocycles. The van der Waals surface area contributed by atoms with Gasteiger partial charge >= 0.3 is 0 Å². The van der Waals surface area contributed by atoms with Crippen LogP contribution in [0.5, 0.6) is 0 Å². The molecule has 0 radical (unpaired) electrons. The Morgan fingerprint density at radius 2 is 0.341 bits per heavy atom. The molecule has 9 rings (SSSR count).